The van der Waals surface area contributed by atoms with Crippen molar-refractivity contribution in [1.82, 2.24) is 15.3 Å². The largest absolute Gasteiger partial charge is 0.523 e. The highest BCUT2D eigenvalue weighted by Gasteiger charge is 2.32. The minimum Gasteiger partial charge on any atom is -0.481 e. The Morgan fingerprint density at radius 3 is 2.49 bits per heavy atom. The Labute approximate surface area is 221 Å². The second kappa shape index (κ2) is 12.2. The summed E-state index contributed by atoms with van der Waals surface area (Å²) in [6, 6.07) is 10.7. The number of carboxylic acids is 1. The first kappa shape index (κ1) is 27.9. The number of hydrogen-bond acceptors (Lipinski definition) is 5. The Hall–Kier alpha value is -4.12. The van der Waals surface area contributed by atoms with Gasteiger partial charge in [-0.25, -0.2) is 14.4 Å². The summed E-state index contributed by atoms with van der Waals surface area (Å²) in [5, 5.41) is 11.7. The number of ether oxygens (including phenoxy) is 1. The standard InChI is InChI=1S/C28H25F4N3O4/c29-20-10-7-18(8-11-20)26-23(3-1-2-4-25(36)37)34-24-15-19(9-14-22(24)35-26)27(38)33-16-17-5-12-21(13-6-17)39-28(30,31)32/h5-12,14-15,21H,1-4,13,16H2,(H,33,38)(H,36,37). The van der Waals surface area contributed by atoms with E-state index in [0.29, 0.717) is 58.4 Å². The van der Waals surface area contributed by atoms with Crippen LogP contribution in [0.1, 0.15) is 41.7 Å². The van der Waals surface area contributed by atoms with Crippen molar-refractivity contribution >= 4 is 22.9 Å². The van der Waals surface area contributed by atoms with Crippen LogP contribution >= 0.6 is 0 Å². The maximum absolute atomic E-state index is 13.5. The SMILES string of the molecule is O=C(O)CCCCc1nc2cc(C(=O)NCC3=CCC(OC(F)(F)F)C=C3)ccc2nc1-c1ccc(F)cc1. The minimum absolute atomic E-state index is 0.0266. The fraction of sp³-hybridized carbons (Fsp3) is 0.286. The van der Waals surface area contributed by atoms with E-state index in [2.05, 4.69) is 10.1 Å². The molecule has 0 saturated carbocycles. The number of alkyl halides is 3. The van der Waals surface area contributed by atoms with Crippen molar-refractivity contribution in [2.24, 2.45) is 0 Å². The van der Waals surface area contributed by atoms with E-state index in [9.17, 15) is 27.2 Å². The lowest BCUT2D eigenvalue weighted by Crippen LogP contribution is -2.27. The van der Waals surface area contributed by atoms with Crippen molar-refractivity contribution < 1.29 is 37.0 Å². The molecule has 0 saturated heterocycles. The topological polar surface area (TPSA) is 101 Å². The third kappa shape index (κ3) is 7.93. The number of aromatic nitrogens is 2. The molecule has 3 aromatic rings. The van der Waals surface area contributed by atoms with Crippen LogP contribution in [0.4, 0.5) is 17.6 Å². The number of benzene rings is 2. The van der Waals surface area contributed by atoms with Crippen molar-refractivity contribution in [2.75, 3.05) is 6.54 Å². The number of carbonyl (C=O) groups excluding carboxylic acids is 1. The van der Waals surface area contributed by atoms with Crippen LogP contribution in [0, 0.1) is 5.82 Å². The van der Waals surface area contributed by atoms with Crippen LogP contribution in [-0.4, -0.2) is 46.0 Å². The smallest absolute Gasteiger partial charge is 0.481 e. The number of unbranched alkanes of at least 4 members (excludes halogenated alkanes) is 1. The molecule has 39 heavy (non-hydrogen) atoms. The van der Waals surface area contributed by atoms with Crippen molar-refractivity contribution in [3.05, 3.63) is 83.3 Å². The van der Waals surface area contributed by atoms with Gasteiger partial charge in [-0.2, -0.15) is 0 Å². The van der Waals surface area contributed by atoms with Gasteiger partial charge in [-0.3, -0.25) is 14.3 Å². The van der Waals surface area contributed by atoms with Crippen molar-refractivity contribution in [1.29, 1.82) is 0 Å². The molecule has 2 N–H and O–H groups in total. The molecule has 1 atom stereocenters. The minimum atomic E-state index is -4.72. The van der Waals surface area contributed by atoms with Crippen LogP contribution in [0.5, 0.6) is 0 Å². The number of amides is 1. The molecular weight excluding hydrogens is 518 g/mol. The highest BCUT2D eigenvalue weighted by molar-refractivity contribution is 5.97. The van der Waals surface area contributed by atoms with Crippen LogP contribution in [0.3, 0.4) is 0 Å². The number of nitrogens with zero attached hydrogens (tertiary/aromatic N) is 2. The van der Waals surface area contributed by atoms with Gasteiger partial charge in [0.05, 0.1) is 28.5 Å². The molecule has 0 fully saturated rings. The molecule has 204 valence electrons. The normalized spacial score (nSPS) is 15.3. The summed E-state index contributed by atoms with van der Waals surface area (Å²) in [5.41, 5.74) is 3.78. The highest BCUT2D eigenvalue weighted by atomic mass is 19.4. The Morgan fingerprint density at radius 1 is 1.05 bits per heavy atom. The van der Waals surface area contributed by atoms with Gasteiger partial charge < -0.3 is 10.4 Å². The summed E-state index contributed by atoms with van der Waals surface area (Å²) in [5.74, 6) is -1.67. The third-order valence-electron chi connectivity index (χ3n) is 6.05. The highest BCUT2D eigenvalue weighted by Crippen LogP contribution is 2.26. The quantitative estimate of drug-likeness (QED) is 0.249. The van der Waals surface area contributed by atoms with Gasteiger partial charge in [0.2, 0.25) is 0 Å². The first-order chi connectivity index (χ1) is 18.6. The lowest BCUT2D eigenvalue weighted by atomic mass is 10.0. The lowest BCUT2D eigenvalue weighted by molar-refractivity contribution is -0.336. The van der Waals surface area contributed by atoms with Gasteiger partial charge in [-0.05, 0) is 73.7 Å². The molecule has 1 aliphatic carbocycles. The zero-order valence-electron chi connectivity index (χ0n) is 20.7. The van der Waals surface area contributed by atoms with Crippen LogP contribution in [0.25, 0.3) is 22.3 Å². The maximum atomic E-state index is 13.5. The molecule has 1 aromatic heterocycles. The Balaban J connectivity index is 1.49. The summed E-state index contributed by atoms with van der Waals surface area (Å²) in [4.78, 5) is 33.1. The predicted molar refractivity (Wildman–Crippen MR) is 135 cm³/mol. The number of halogens is 4. The van der Waals surface area contributed by atoms with E-state index in [1.807, 2.05) is 0 Å². The second-order valence-electron chi connectivity index (χ2n) is 8.99. The molecule has 0 bridgehead atoms. The van der Waals surface area contributed by atoms with Crippen molar-refractivity contribution in [3.8, 4) is 11.3 Å². The molecule has 1 aliphatic rings. The molecule has 11 heteroatoms. The van der Waals surface area contributed by atoms with Crippen molar-refractivity contribution in [3.63, 3.8) is 0 Å². The van der Waals surface area contributed by atoms with E-state index in [1.54, 1.807) is 36.4 Å². The number of rotatable bonds is 10. The van der Waals surface area contributed by atoms with Crippen LogP contribution in [0.2, 0.25) is 0 Å². The fourth-order valence-corrected chi connectivity index (χ4v) is 4.13. The van der Waals surface area contributed by atoms with Crippen LogP contribution in [0.15, 0.2) is 66.3 Å². The predicted octanol–water partition coefficient (Wildman–Crippen LogP) is 5.75. The molecule has 1 heterocycles. The zero-order chi connectivity index (χ0) is 28.0. The molecule has 4 rings (SSSR count). The van der Waals surface area contributed by atoms with E-state index < -0.39 is 24.3 Å². The third-order valence-corrected chi connectivity index (χ3v) is 6.05. The zero-order valence-corrected chi connectivity index (χ0v) is 20.7. The molecule has 7 nitrogen and oxygen atoms in total. The molecule has 0 radical (unpaired) electrons. The fourth-order valence-electron chi connectivity index (χ4n) is 4.13. The van der Waals surface area contributed by atoms with Crippen LogP contribution in [-0.2, 0) is 16.0 Å². The first-order valence-electron chi connectivity index (χ1n) is 12.3. The Kier molecular flexibility index (Phi) is 8.70. The Bertz CT molecular complexity index is 1420. The van der Waals surface area contributed by atoms with Gasteiger partial charge in [-0.1, -0.05) is 18.2 Å². The van der Waals surface area contributed by atoms with Gasteiger partial charge >= 0.3 is 12.3 Å². The van der Waals surface area contributed by atoms with Gasteiger partial charge in [0.1, 0.15) is 5.82 Å². The number of aryl methyl sites for hydroxylation is 1. The molecular formula is C28H25F4N3O4. The van der Waals surface area contributed by atoms with E-state index >= 15 is 0 Å². The average Bonchev–Trinajstić information content (AvgIpc) is 2.89. The van der Waals surface area contributed by atoms with Gasteiger partial charge in [-0.15, -0.1) is 13.2 Å². The summed E-state index contributed by atoms with van der Waals surface area (Å²) >= 11 is 0. The van der Waals surface area contributed by atoms with E-state index in [-0.39, 0.29) is 25.2 Å². The summed E-state index contributed by atoms with van der Waals surface area (Å²) in [6.07, 6.45) is 0.0720. The second-order valence-corrected chi connectivity index (χ2v) is 8.99. The molecule has 1 amide bonds. The van der Waals surface area contributed by atoms with E-state index in [1.165, 1.54) is 24.3 Å². The molecule has 0 aliphatic heterocycles. The summed E-state index contributed by atoms with van der Waals surface area (Å²) in [6.45, 7) is 0.121. The first-order valence-corrected chi connectivity index (χ1v) is 12.3. The monoisotopic (exact) mass is 543 g/mol. The van der Waals surface area contributed by atoms with E-state index in [4.69, 9.17) is 15.1 Å². The van der Waals surface area contributed by atoms with E-state index in [0.717, 1.165) is 0 Å². The number of hydrogen-bond donors (Lipinski definition) is 2. The number of fused-ring (bicyclic) bond motifs is 1. The number of nitrogens with one attached hydrogen (secondary N) is 1. The van der Waals surface area contributed by atoms with Gasteiger partial charge in [0.15, 0.2) is 0 Å². The van der Waals surface area contributed by atoms with Crippen molar-refractivity contribution in [2.45, 2.75) is 44.6 Å². The number of carboxylic acid groups (broad SMARTS) is 1. The van der Waals surface area contributed by atoms with Gasteiger partial charge in [0.25, 0.3) is 5.91 Å². The summed E-state index contributed by atoms with van der Waals surface area (Å²) < 4.78 is 54.6. The average molecular weight is 544 g/mol. The lowest BCUT2D eigenvalue weighted by Gasteiger charge is -2.18. The molecule has 2 aromatic carbocycles. The number of aliphatic carboxylic acids is 1. The molecule has 1 unspecified atom stereocenters. The van der Waals surface area contributed by atoms with Crippen LogP contribution < -0.4 is 5.32 Å². The molecule has 0 spiro atoms. The Morgan fingerprint density at radius 2 is 1.82 bits per heavy atom. The van der Waals surface area contributed by atoms with Gasteiger partial charge in [0, 0.05) is 24.1 Å². The number of carbonyl (C=O) groups is 2. The maximum Gasteiger partial charge on any atom is 0.523 e. The summed E-state index contributed by atoms with van der Waals surface area (Å²) in [7, 11) is 0.